The van der Waals surface area contributed by atoms with E-state index in [1.165, 1.54) is 24.2 Å². The molecule has 3 aromatic carbocycles. The van der Waals surface area contributed by atoms with Crippen LogP contribution in [-0.2, 0) is 5.75 Å². The molecule has 176 valence electrons. The first-order valence-electron chi connectivity index (χ1n) is 12.0. The lowest BCUT2D eigenvalue weighted by atomic mass is 9.95. The molecule has 35 heavy (non-hydrogen) atoms. The van der Waals surface area contributed by atoms with E-state index in [4.69, 9.17) is 4.42 Å². The highest BCUT2D eigenvalue weighted by Crippen LogP contribution is 2.38. The van der Waals surface area contributed by atoms with Crippen LogP contribution in [0.4, 0.5) is 4.39 Å². The summed E-state index contributed by atoms with van der Waals surface area (Å²) >= 11 is 1.53. The Kier molecular flexibility index (Phi) is 5.86. The molecule has 0 atom stereocenters. The number of hydrogen-bond acceptors (Lipinski definition) is 5. The Hall–Kier alpha value is -3.45. The predicted octanol–water partition coefficient (Wildman–Crippen LogP) is 7.14. The molecule has 2 heterocycles. The molecule has 0 unspecified atom stereocenters. The van der Waals surface area contributed by atoms with Crippen LogP contribution >= 0.6 is 11.8 Å². The Morgan fingerprint density at radius 1 is 0.971 bits per heavy atom. The summed E-state index contributed by atoms with van der Waals surface area (Å²) in [5.74, 6) is 0.796. The Morgan fingerprint density at radius 3 is 2.63 bits per heavy atom. The van der Waals surface area contributed by atoms with Crippen molar-refractivity contribution in [1.29, 1.82) is 0 Å². The highest BCUT2D eigenvalue weighted by molar-refractivity contribution is 7.98. The Morgan fingerprint density at radius 2 is 1.77 bits per heavy atom. The number of hydrogen-bond donors (Lipinski definition) is 0. The van der Waals surface area contributed by atoms with Crippen LogP contribution in [0.15, 0.2) is 81.1 Å². The molecule has 2 aromatic heterocycles. The molecule has 5 nitrogen and oxygen atoms in total. The molecule has 1 aliphatic rings. The summed E-state index contributed by atoms with van der Waals surface area (Å²) in [5, 5.41) is 12.8. The molecule has 1 aliphatic carbocycles. The second kappa shape index (κ2) is 9.30. The standard InChI is InChI=1S/C28H24FN3O2S/c29-23-13-7-6-12-22(23)27-30-31-28(32(27)20-9-2-1-3-10-20)35-17-19-16-25(33)34-24-15-14-18-8-4-5-11-21(18)26(19)24/h4-8,11-16,20H,1-3,9-10,17H2. The minimum atomic E-state index is -0.371. The number of rotatable bonds is 5. The van der Waals surface area contributed by atoms with Gasteiger partial charge in [-0.3, -0.25) is 4.57 Å². The molecular weight excluding hydrogens is 461 g/mol. The minimum Gasteiger partial charge on any atom is -0.423 e. The van der Waals surface area contributed by atoms with Gasteiger partial charge in [-0.25, -0.2) is 9.18 Å². The van der Waals surface area contributed by atoms with Gasteiger partial charge < -0.3 is 4.42 Å². The maximum Gasteiger partial charge on any atom is 0.336 e. The fourth-order valence-corrected chi connectivity index (χ4v) is 6.13. The third kappa shape index (κ3) is 4.14. The molecule has 7 heteroatoms. The zero-order chi connectivity index (χ0) is 23.8. The van der Waals surface area contributed by atoms with Crippen LogP contribution in [-0.4, -0.2) is 14.8 Å². The molecule has 1 fully saturated rings. The van der Waals surface area contributed by atoms with Crippen LogP contribution < -0.4 is 5.63 Å². The number of thioether (sulfide) groups is 1. The molecule has 0 saturated heterocycles. The number of aromatic nitrogens is 3. The number of nitrogens with zero attached hydrogens (tertiary/aromatic N) is 3. The third-order valence-electron chi connectivity index (χ3n) is 6.79. The van der Waals surface area contributed by atoms with Gasteiger partial charge in [0.1, 0.15) is 11.4 Å². The van der Waals surface area contributed by atoms with E-state index in [1.54, 1.807) is 18.2 Å². The average Bonchev–Trinajstić information content (AvgIpc) is 3.31. The molecule has 5 aromatic rings. The van der Waals surface area contributed by atoms with Crippen molar-refractivity contribution in [3.05, 3.63) is 88.5 Å². The summed E-state index contributed by atoms with van der Waals surface area (Å²) < 4.78 is 22.4. The first-order chi connectivity index (χ1) is 17.2. The minimum absolute atomic E-state index is 0.231. The second-order valence-electron chi connectivity index (χ2n) is 8.99. The maximum absolute atomic E-state index is 14.7. The predicted molar refractivity (Wildman–Crippen MR) is 137 cm³/mol. The van der Waals surface area contributed by atoms with Crippen LogP contribution in [0.2, 0.25) is 0 Å². The number of fused-ring (bicyclic) bond motifs is 3. The molecule has 0 N–H and O–H groups in total. The number of halogens is 1. The second-order valence-corrected chi connectivity index (χ2v) is 9.93. The Labute approximate surface area is 206 Å². The molecule has 0 amide bonds. The van der Waals surface area contributed by atoms with Gasteiger partial charge in [0.2, 0.25) is 0 Å². The molecular formula is C28H24FN3O2S. The first-order valence-corrected chi connectivity index (χ1v) is 12.9. The monoisotopic (exact) mass is 485 g/mol. The van der Waals surface area contributed by atoms with Gasteiger partial charge in [-0.2, -0.15) is 0 Å². The van der Waals surface area contributed by atoms with E-state index in [0.717, 1.165) is 52.6 Å². The maximum atomic E-state index is 14.7. The first kappa shape index (κ1) is 22.0. The Balaban J connectivity index is 1.43. The normalized spacial score (nSPS) is 14.7. The van der Waals surface area contributed by atoms with Crippen molar-refractivity contribution in [1.82, 2.24) is 14.8 Å². The summed E-state index contributed by atoms with van der Waals surface area (Å²) in [7, 11) is 0. The molecule has 0 aliphatic heterocycles. The van der Waals surface area contributed by atoms with Gasteiger partial charge >= 0.3 is 5.63 Å². The highest BCUT2D eigenvalue weighted by atomic mass is 32.2. The van der Waals surface area contributed by atoms with Crippen LogP contribution in [0, 0.1) is 5.82 Å². The van der Waals surface area contributed by atoms with E-state index < -0.39 is 0 Å². The van der Waals surface area contributed by atoms with Crippen molar-refractivity contribution in [3.8, 4) is 11.4 Å². The van der Waals surface area contributed by atoms with Gasteiger partial charge in [0.05, 0.1) is 5.56 Å². The summed E-state index contributed by atoms with van der Waals surface area (Å²) in [4.78, 5) is 12.3. The van der Waals surface area contributed by atoms with Crippen molar-refractivity contribution in [2.24, 2.45) is 0 Å². The number of benzene rings is 3. The molecule has 0 spiro atoms. The average molecular weight is 486 g/mol. The summed E-state index contributed by atoms with van der Waals surface area (Å²) in [6.45, 7) is 0. The van der Waals surface area contributed by atoms with E-state index in [-0.39, 0.29) is 17.5 Å². The molecule has 6 rings (SSSR count). The van der Waals surface area contributed by atoms with Crippen molar-refractivity contribution >= 4 is 33.5 Å². The van der Waals surface area contributed by atoms with Gasteiger partial charge in [0.25, 0.3) is 0 Å². The van der Waals surface area contributed by atoms with Crippen molar-refractivity contribution in [2.45, 2.75) is 49.1 Å². The summed E-state index contributed by atoms with van der Waals surface area (Å²) in [6, 6.07) is 20.4. The molecule has 1 saturated carbocycles. The lowest BCUT2D eigenvalue weighted by Gasteiger charge is -2.25. The van der Waals surface area contributed by atoms with Crippen LogP contribution in [0.3, 0.4) is 0 Å². The largest absolute Gasteiger partial charge is 0.423 e. The van der Waals surface area contributed by atoms with Crippen LogP contribution in [0.1, 0.15) is 43.7 Å². The van der Waals surface area contributed by atoms with E-state index >= 15 is 0 Å². The fourth-order valence-electron chi connectivity index (χ4n) is 5.15. The lowest BCUT2D eigenvalue weighted by Crippen LogP contribution is -2.15. The summed E-state index contributed by atoms with van der Waals surface area (Å²) in [5.41, 5.74) is 1.56. The van der Waals surface area contributed by atoms with E-state index in [9.17, 15) is 9.18 Å². The van der Waals surface area contributed by atoms with E-state index in [1.807, 2.05) is 36.4 Å². The van der Waals surface area contributed by atoms with Crippen LogP contribution in [0.25, 0.3) is 33.1 Å². The molecule has 0 radical (unpaired) electrons. The quantitative estimate of drug-likeness (QED) is 0.150. The Bertz CT molecular complexity index is 1590. The summed E-state index contributed by atoms with van der Waals surface area (Å²) in [6.07, 6.45) is 5.54. The van der Waals surface area contributed by atoms with Gasteiger partial charge in [0.15, 0.2) is 11.0 Å². The SMILES string of the molecule is O=c1cc(CSc2nnc(-c3ccccc3F)n2C2CCCCC2)c2c(ccc3ccccc32)o1. The zero-order valence-corrected chi connectivity index (χ0v) is 19.9. The van der Waals surface area contributed by atoms with Gasteiger partial charge in [0, 0.05) is 23.2 Å². The van der Waals surface area contributed by atoms with Crippen LogP contribution in [0.5, 0.6) is 0 Å². The van der Waals surface area contributed by atoms with Gasteiger partial charge in [-0.1, -0.05) is 73.5 Å². The topological polar surface area (TPSA) is 60.9 Å². The molecule has 0 bridgehead atoms. The third-order valence-corrected chi connectivity index (χ3v) is 7.78. The highest BCUT2D eigenvalue weighted by Gasteiger charge is 2.25. The lowest BCUT2D eigenvalue weighted by molar-refractivity contribution is 0.339. The van der Waals surface area contributed by atoms with Gasteiger partial charge in [-0.15, -0.1) is 10.2 Å². The van der Waals surface area contributed by atoms with Crippen molar-refractivity contribution in [2.75, 3.05) is 0 Å². The van der Waals surface area contributed by atoms with E-state index in [0.29, 0.717) is 22.7 Å². The van der Waals surface area contributed by atoms with Crippen molar-refractivity contribution in [3.63, 3.8) is 0 Å². The fraction of sp³-hybridized carbons (Fsp3) is 0.250. The smallest absolute Gasteiger partial charge is 0.336 e. The van der Waals surface area contributed by atoms with Crippen molar-refractivity contribution < 1.29 is 8.81 Å². The van der Waals surface area contributed by atoms with Gasteiger partial charge in [-0.05, 0) is 47.4 Å². The van der Waals surface area contributed by atoms with E-state index in [2.05, 4.69) is 20.8 Å². The zero-order valence-electron chi connectivity index (χ0n) is 19.1.